The van der Waals surface area contributed by atoms with Crippen LogP contribution < -0.4 is 10.1 Å². The average molecular weight is 402 g/mol. The number of sulfone groups is 1. The van der Waals surface area contributed by atoms with Gasteiger partial charge in [-0.1, -0.05) is 18.5 Å². The van der Waals surface area contributed by atoms with E-state index in [9.17, 15) is 17.6 Å². The van der Waals surface area contributed by atoms with Crippen molar-refractivity contribution in [1.29, 1.82) is 0 Å². The van der Waals surface area contributed by atoms with Crippen molar-refractivity contribution in [2.75, 3.05) is 11.1 Å². The molecule has 2 aromatic rings. The van der Waals surface area contributed by atoms with Crippen molar-refractivity contribution in [3.63, 3.8) is 0 Å². The number of carboxylic acid groups (broad SMARTS) is 1. The Hall–Kier alpha value is -2.32. The number of benzene rings is 2. The van der Waals surface area contributed by atoms with Gasteiger partial charge < -0.3 is 15.2 Å². The summed E-state index contributed by atoms with van der Waals surface area (Å²) in [6.07, 6.45) is -1.14. The van der Waals surface area contributed by atoms with Crippen LogP contribution in [0.4, 0.5) is 15.8 Å². The third-order valence-electron chi connectivity index (χ3n) is 3.54. The number of hydrogen-bond donors (Lipinski definition) is 2. The van der Waals surface area contributed by atoms with Gasteiger partial charge in [0.15, 0.2) is 15.9 Å². The lowest BCUT2D eigenvalue weighted by Gasteiger charge is -2.17. The number of ether oxygens (including phenoxy) is 1. The Kier molecular flexibility index (Phi) is 6.09. The lowest BCUT2D eigenvalue weighted by atomic mass is 10.2. The Morgan fingerprint density at radius 3 is 2.54 bits per heavy atom. The molecule has 0 aliphatic rings. The zero-order valence-corrected chi connectivity index (χ0v) is 15.6. The van der Waals surface area contributed by atoms with Crippen molar-refractivity contribution < 1.29 is 27.4 Å². The molecule has 2 rings (SSSR count). The second kappa shape index (κ2) is 7.92. The molecule has 0 saturated carbocycles. The molecular weight excluding hydrogens is 385 g/mol. The molecule has 26 heavy (non-hydrogen) atoms. The predicted molar refractivity (Wildman–Crippen MR) is 96.6 cm³/mol. The van der Waals surface area contributed by atoms with Crippen LogP contribution in [0, 0.1) is 5.82 Å². The van der Waals surface area contributed by atoms with Gasteiger partial charge in [-0.3, -0.25) is 0 Å². The van der Waals surface area contributed by atoms with E-state index in [0.29, 0.717) is 5.69 Å². The minimum atomic E-state index is -3.41. The molecule has 0 aromatic heterocycles. The summed E-state index contributed by atoms with van der Waals surface area (Å²) in [4.78, 5) is 11.0. The largest absolute Gasteiger partial charge is 0.479 e. The van der Waals surface area contributed by atoms with Gasteiger partial charge in [-0.2, -0.15) is 0 Å². The van der Waals surface area contributed by atoms with Gasteiger partial charge in [0, 0.05) is 6.07 Å². The Balaban J connectivity index is 2.36. The number of aliphatic carboxylic acids is 1. The van der Waals surface area contributed by atoms with Crippen LogP contribution in [-0.4, -0.2) is 31.4 Å². The van der Waals surface area contributed by atoms with Crippen LogP contribution >= 0.6 is 11.6 Å². The minimum Gasteiger partial charge on any atom is -0.479 e. The molecular formula is C17H17ClFNO5S. The van der Waals surface area contributed by atoms with Crippen molar-refractivity contribution in [2.24, 2.45) is 0 Å². The summed E-state index contributed by atoms with van der Waals surface area (Å²) in [6.45, 7) is 2.86. The van der Waals surface area contributed by atoms with Crippen LogP contribution in [0.5, 0.6) is 5.75 Å². The summed E-state index contributed by atoms with van der Waals surface area (Å²) < 4.78 is 42.7. The van der Waals surface area contributed by atoms with Gasteiger partial charge in [0.25, 0.3) is 0 Å². The molecule has 0 bridgehead atoms. The first kappa shape index (κ1) is 20.0. The first-order valence-corrected chi connectivity index (χ1v) is 9.65. The van der Waals surface area contributed by atoms with E-state index >= 15 is 0 Å². The summed E-state index contributed by atoms with van der Waals surface area (Å²) >= 11 is 6.14. The molecule has 140 valence electrons. The molecule has 1 atom stereocenters. The van der Waals surface area contributed by atoms with E-state index in [0.717, 1.165) is 12.1 Å². The fourth-order valence-electron chi connectivity index (χ4n) is 2.05. The maximum atomic E-state index is 13.6. The summed E-state index contributed by atoms with van der Waals surface area (Å²) in [5, 5.41) is 11.9. The molecule has 0 saturated heterocycles. The fraction of sp³-hybridized carbons (Fsp3) is 0.235. The van der Waals surface area contributed by atoms with E-state index in [1.54, 1.807) is 0 Å². The highest BCUT2D eigenvalue weighted by atomic mass is 35.5. The van der Waals surface area contributed by atoms with Gasteiger partial charge in [0.05, 0.1) is 27.0 Å². The van der Waals surface area contributed by atoms with Gasteiger partial charge in [0.2, 0.25) is 0 Å². The van der Waals surface area contributed by atoms with Crippen molar-refractivity contribution in [3.05, 3.63) is 47.2 Å². The van der Waals surface area contributed by atoms with E-state index in [-0.39, 0.29) is 27.1 Å². The van der Waals surface area contributed by atoms with Gasteiger partial charge in [0.1, 0.15) is 11.6 Å². The molecule has 1 unspecified atom stereocenters. The average Bonchev–Trinajstić information content (AvgIpc) is 2.58. The van der Waals surface area contributed by atoms with Gasteiger partial charge in [-0.15, -0.1) is 0 Å². The van der Waals surface area contributed by atoms with E-state index in [4.69, 9.17) is 21.4 Å². The molecule has 0 amide bonds. The van der Waals surface area contributed by atoms with E-state index in [1.165, 1.54) is 38.1 Å². The zero-order valence-electron chi connectivity index (χ0n) is 14.0. The lowest BCUT2D eigenvalue weighted by molar-refractivity contribution is -0.144. The Labute approximate surface area is 155 Å². The number of carboxylic acids is 1. The Morgan fingerprint density at radius 2 is 1.96 bits per heavy atom. The molecule has 0 aliphatic heterocycles. The van der Waals surface area contributed by atoms with Gasteiger partial charge >= 0.3 is 5.97 Å². The SMILES string of the molecule is CCS(=O)(=O)c1ccc(Nc2cc(F)ccc2OC(C)C(=O)O)c(Cl)c1. The Bertz CT molecular complexity index is 933. The second-order valence-electron chi connectivity index (χ2n) is 5.41. The van der Waals surface area contributed by atoms with Crippen molar-refractivity contribution in [2.45, 2.75) is 24.8 Å². The molecule has 0 heterocycles. The molecule has 0 spiro atoms. The predicted octanol–water partition coefficient (Wildman–Crippen LogP) is 3.87. The van der Waals surface area contributed by atoms with Gasteiger partial charge in [-0.25, -0.2) is 17.6 Å². The van der Waals surface area contributed by atoms with Crippen molar-refractivity contribution in [1.82, 2.24) is 0 Å². The van der Waals surface area contributed by atoms with Crippen LogP contribution in [0.25, 0.3) is 0 Å². The van der Waals surface area contributed by atoms with Crippen LogP contribution in [0.3, 0.4) is 0 Å². The highest BCUT2D eigenvalue weighted by Crippen LogP contribution is 2.33. The van der Waals surface area contributed by atoms with Crippen LogP contribution in [-0.2, 0) is 14.6 Å². The molecule has 2 N–H and O–H groups in total. The highest BCUT2D eigenvalue weighted by molar-refractivity contribution is 7.91. The third-order valence-corrected chi connectivity index (χ3v) is 5.59. The molecule has 0 radical (unpaired) electrons. The maximum absolute atomic E-state index is 13.6. The third kappa shape index (κ3) is 4.64. The molecule has 9 heteroatoms. The fourth-order valence-corrected chi connectivity index (χ4v) is 3.24. The van der Waals surface area contributed by atoms with E-state index in [1.807, 2.05) is 0 Å². The summed E-state index contributed by atoms with van der Waals surface area (Å²) in [5.74, 6) is -1.69. The van der Waals surface area contributed by atoms with Crippen molar-refractivity contribution >= 4 is 38.8 Å². The number of nitrogens with one attached hydrogen (secondary N) is 1. The monoisotopic (exact) mass is 401 g/mol. The topological polar surface area (TPSA) is 92.7 Å². The number of hydrogen-bond acceptors (Lipinski definition) is 5. The first-order chi connectivity index (χ1) is 12.1. The van der Waals surface area contributed by atoms with Crippen LogP contribution in [0.2, 0.25) is 5.02 Å². The minimum absolute atomic E-state index is 0.0644. The zero-order chi connectivity index (χ0) is 19.5. The van der Waals surface area contributed by atoms with E-state index < -0.39 is 27.7 Å². The second-order valence-corrected chi connectivity index (χ2v) is 8.09. The quantitative estimate of drug-likeness (QED) is 0.731. The smallest absolute Gasteiger partial charge is 0.344 e. The standard InChI is InChI=1S/C17H17ClFNO5S/c1-3-26(23,24)12-5-6-14(13(18)9-12)20-15-8-11(19)4-7-16(15)25-10(2)17(21)22/h4-10,20H,3H2,1-2H3,(H,21,22). The van der Waals surface area contributed by atoms with Gasteiger partial charge in [-0.05, 0) is 37.3 Å². The van der Waals surface area contributed by atoms with Crippen LogP contribution in [0.15, 0.2) is 41.3 Å². The number of anilines is 2. The molecule has 2 aromatic carbocycles. The molecule has 0 aliphatic carbocycles. The lowest BCUT2D eigenvalue weighted by Crippen LogP contribution is -2.23. The summed E-state index contributed by atoms with van der Waals surface area (Å²) in [5.41, 5.74) is 0.478. The number of rotatable bonds is 7. The first-order valence-electron chi connectivity index (χ1n) is 7.62. The molecule has 0 fully saturated rings. The maximum Gasteiger partial charge on any atom is 0.344 e. The van der Waals surface area contributed by atoms with Crippen LogP contribution in [0.1, 0.15) is 13.8 Å². The van der Waals surface area contributed by atoms with E-state index in [2.05, 4.69) is 5.32 Å². The highest BCUT2D eigenvalue weighted by Gasteiger charge is 2.17. The Morgan fingerprint density at radius 1 is 1.27 bits per heavy atom. The number of halogens is 2. The van der Waals surface area contributed by atoms with Crippen molar-refractivity contribution in [3.8, 4) is 5.75 Å². The normalized spacial score (nSPS) is 12.5. The summed E-state index contributed by atoms with van der Waals surface area (Å²) in [7, 11) is -3.41. The summed E-state index contributed by atoms with van der Waals surface area (Å²) in [6, 6.07) is 7.67. The molecule has 6 nitrogen and oxygen atoms in total. The number of carbonyl (C=O) groups is 1.